The Hall–Kier alpha value is -2.18. The minimum atomic E-state index is -0.564. The van der Waals surface area contributed by atoms with E-state index in [1.54, 1.807) is 25.1 Å². The van der Waals surface area contributed by atoms with Crippen LogP contribution in [0.3, 0.4) is 0 Å². The molecule has 1 amide bonds. The number of carbonyl (C=O) groups is 1. The van der Waals surface area contributed by atoms with Gasteiger partial charge in [-0.2, -0.15) is 0 Å². The molecule has 0 bridgehead atoms. The number of anilines is 1. The Kier molecular flexibility index (Phi) is 6.31. The number of nitrogens with one attached hydrogen (secondary N) is 1. The third kappa shape index (κ3) is 5.50. The van der Waals surface area contributed by atoms with Crippen LogP contribution in [-0.4, -0.2) is 23.6 Å². The van der Waals surface area contributed by atoms with Crippen LogP contribution in [0.2, 0.25) is 0 Å². The molecule has 6 heteroatoms. The third-order valence-corrected chi connectivity index (χ3v) is 3.35. The standard InChI is InChI=1S/C17H17BrN2O3/c1-3-9-22-12(2)17(21)20-14-7-8-16(19-11-14)23-15-6-4-5-13(18)10-15/h3-8,10-12H,1,9H2,2H3,(H,20,21). The van der Waals surface area contributed by atoms with Crippen LogP contribution in [0, 0.1) is 0 Å². The molecule has 120 valence electrons. The van der Waals surface area contributed by atoms with Gasteiger partial charge in [-0.25, -0.2) is 4.98 Å². The van der Waals surface area contributed by atoms with Gasteiger partial charge < -0.3 is 14.8 Å². The van der Waals surface area contributed by atoms with Gasteiger partial charge in [-0.3, -0.25) is 4.79 Å². The summed E-state index contributed by atoms with van der Waals surface area (Å²) >= 11 is 3.38. The van der Waals surface area contributed by atoms with Crippen LogP contribution in [-0.2, 0) is 9.53 Å². The van der Waals surface area contributed by atoms with Gasteiger partial charge in [-0.05, 0) is 31.2 Å². The maximum absolute atomic E-state index is 11.9. The van der Waals surface area contributed by atoms with Crippen molar-refractivity contribution in [3.8, 4) is 11.6 Å². The molecule has 23 heavy (non-hydrogen) atoms. The van der Waals surface area contributed by atoms with Gasteiger partial charge >= 0.3 is 0 Å². The van der Waals surface area contributed by atoms with Gasteiger partial charge in [-0.1, -0.05) is 28.1 Å². The first kappa shape index (κ1) is 17.2. The summed E-state index contributed by atoms with van der Waals surface area (Å²) in [6.45, 7) is 5.55. The molecule has 2 rings (SSSR count). The number of benzene rings is 1. The second-order valence-corrected chi connectivity index (χ2v) is 5.61. The Bertz CT molecular complexity index is 674. The van der Waals surface area contributed by atoms with Gasteiger partial charge in [-0.15, -0.1) is 6.58 Å². The van der Waals surface area contributed by atoms with E-state index in [0.717, 1.165) is 4.47 Å². The van der Waals surface area contributed by atoms with Crippen molar-refractivity contribution in [3.63, 3.8) is 0 Å². The van der Waals surface area contributed by atoms with Crippen molar-refractivity contribution in [1.82, 2.24) is 4.98 Å². The van der Waals surface area contributed by atoms with Gasteiger partial charge in [0.05, 0.1) is 18.5 Å². The molecule has 5 nitrogen and oxygen atoms in total. The van der Waals surface area contributed by atoms with Crippen LogP contribution in [0.25, 0.3) is 0 Å². The van der Waals surface area contributed by atoms with Crippen LogP contribution < -0.4 is 10.1 Å². The van der Waals surface area contributed by atoms with E-state index in [9.17, 15) is 4.79 Å². The van der Waals surface area contributed by atoms with Crippen LogP contribution in [0.5, 0.6) is 11.6 Å². The van der Waals surface area contributed by atoms with Gasteiger partial charge in [0.2, 0.25) is 5.88 Å². The van der Waals surface area contributed by atoms with Gasteiger partial charge in [0.25, 0.3) is 5.91 Å². The molecule has 0 aliphatic heterocycles. The van der Waals surface area contributed by atoms with Crippen LogP contribution in [0.15, 0.2) is 59.7 Å². The van der Waals surface area contributed by atoms with E-state index in [1.807, 2.05) is 24.3 Å². The highest BCUT2D eigenvalue weighted by atomic mass is 79.9. The van der Waals surface area contributed by atoms with E-state index < -0.39 is 6.10 Å². The number of aromatic nitrogens is 1. The average Bonchev–Trinajstić information content (AvgIpc) is 2.54. The second-order valence-electron chi connectivity index (χ2n) is 4.70. The Morgan fingerprint density at radius 3 is 2.91 bits per heavy atom. The maximum atomic E-state index is 11.9. The molecule has 0 saturated heterocycles. The Balaban J connectivity index is 1.94. The molecule has 0 radical (unpaired) electrons. The lowest BCUT2D eigenvalue weighted by Crippen LogP contribution is -2.27. The summed E-state index contributed by atoms with van der Waals surface area (Å²) in [7, 11) is 0. The summed E-state index contributed by atoms with van der Waals surface area (Å²) in [6.07, 6.45) is 2.57. The highest BCUT2D eigenvalue weighted by Gasteiger charge is 2.13. The van der Waals surface area contributed by atoms with Crippen molar-refractivity contribution >= 4 is 27.5 Å². The zero-order valence-corrected chi connectivity index (χ0v) is 14.2. The molecule has 1 aromatic carbocycles. The smallest absolute Gasteiger partial charge is 0.253 e. The highest BCUT2D eigenvalue weighted by molar-refractivity contribution is 9.10. The number of hydrogen-bond donors (Lipinski definition) is 1. The molecule has 0 saturated carbocycles. The van der Waals surface area contributed by atoms with Gasteiger partial charge in [0.1, 0.15) is 11.9 Å². The van der Waals surface area contributed by atoms with E-state index in [2.05, 4.69) is 32.8 Å². The predicted octanol–water partition coefficient (Wildman–Crippen LogP) is 4.17. The number of rotatable bonds is 7. The van der Waals surface area contributed by atoms with Crippen molar-refractivity contribution in [3.05, 3.63) is 59.7 Å². The molecule has 1 N–H and O–H groups in total. The van der Waals surface area contributed by atoms with Crippen LogP contribution >= 0.6 is 15.9 Å². The summed E-state index contributed by atoms with van der Waals surface area (Å²) in [5.41, 5.74) is 0.575. The first-order valence-corrected chi connectivity index (χ1v) is 7.80. The van der Waals surface area contributed by atoms with Gasteiger partial charge in [0.15, 0.2) is 0 Å². The van der Waals surface area contributed by atoms with Crippen LogP contribution in [0.4, 0.5) is 5.69 Å². The molecule has 0 aliphatic carbocycles. The minimum Gasteiger partial charge on any atom is -0.439 e. The fourth-order valence-electron chi connectivity index (χ4n) is 1.70. The molecule has 0 spiro atoms. The lowest BCUT2D eigenvalue weighted by atomic mass is 10.3. The molecule has 1 aromatic heterocycles. The van der Waals surface area contributed by atoms with E-state index in [4.69, 9.17) is 9.47 Å². The molecule has 1 unspecified atom stereocenters. The Labute approximate surface area is 143 Å². The molecule has 2 aromatic rings. The predicted molar refractivity (Wildman–Crippen MR) is 92.7 cm³/mol. The Morgan fingerprint density at radius 2 is 2.26 bits per heavy atom. The Morgan fingerprint density at radius 1 is 1.43 bits per heavy atom. The molecule has 1 heterocycles. The van der Waals surface area contributed by atoms with Crippen molar-refractivity contribution in [1.29, 1.82) is 0 Å². The molecular weight excluding hydrogens is 360 g/mol. The summed E-state index contributed by atoms with van der Waals surface area (Å²) in [4.78, 5) is 16.1. The fraction of sp³-hybridized carbons (Fsp3) is 0.176. The summed E-state index contributed by atoms with van der Waals surface area (Å²) in [5, 5.41) is 2.73. The molecule has 0 fully saturated rings. The minimum absolute atomic E-state index is 0.241. The van der Waals surface area contributed by atoms with Crippen LogP contribution in [0.1, 0.15) is 6.92 Å². The number of amides is 1. The van der Waals surface area contributed by atoms with Gasteiger partial charge in [0, 0.05) is 10.5 Å². The number of halogens is 1. The first-order valence-electron chi connectivity index (χ1n) is 7.01. The van der Waals surface area contributed by atoms with Crippen molar-refractivity contribution in [2.24, 2.45) is 0 Å². The third-order valence-electron chi connectivity index (χ3n) is 2.86. The largest absolute Gasteiger partial charge is 0.439 e. The molecule has 0 aliphatic rings. The number of ether oxygens (including phenoxy) is 2. The number of carbonyl (C=O) groups excluding carboxylic acids is 1. The fourth-order valence-corrected chi connectivity index (χ4v) is 2.08. The highest BCUT2D eigenvalue weighted by Crippen LogP contribution is 2.23. The van der Waals surface area contributed by atoms with E-state index in [-0.39, 0.29) is 5.91 Å². The van der Waals surface area contributed by atoms with Crippen molar-refractivity contribution in [2.75, 3.05) is 11.9 Å². The van der Waals surface area contributed by atoms with E-state index in [0.29, 0.717) is 23.9 Å². The van der Waals surface area contributed by atoms with E-state index in [1.165, 1.54) is 6.20 Å². The second kappa shape index (κ2) is 8.45. The molecular formula is C17H17BrN2O3. The topological polar surface area (TPSA) is 60.5 Å². The lowest BCUT2D eigenvalue weighted by molar-refractivity contribution is -0.125. The summed E-state index contributed by atoms with van der Waals surface area (Å²) in [5.74, 6) is 0.876. The maximum Gasteiger partial charge on any atom is 0.253 e. The average molecular weight is 377 g/mol. The summed E-state index contributed by atoms with van der Waals surface area (Å²) < 4.78 is 11.8. The zero-order chi connectivity index (χ0) is 16.7. The number of nitrogens with zero attached hydrogens (tertiary/aromatic N) is 1. The normalized spacial score (nSPS) is 11.6. The van der Waals surface area contributed by atoms with E-state index >= 15 is 0 Å². The lowest BCUT2D eigenvalue weighted by Gasteiger charge is -2.12. The summed E-state index contributed by atoms with van der Waals surface area (Å²) in [6, 6.07) is 10.9. The van der Waals surface area contributed by atoms with Crippen molar-refractivity contribution < 1.29 is 14.3 Å². The molecule has 1 atom stereocenters. The monoisotopic (exact) mass is 376 g/mol. The quantitative estimate of drug-likeness (QED) is 0.736. The number of pyridine rings is 1. The first-order chi connectivity index (χ1) is 11.1. The SMILES string of the molecule is C=CCOC(C)C(=O)Nc1ccc(Oc2cccc(Br)c2)nc1. The van der Waals surface area contributed by atoms with Crippen molar-refractivity contribution in [2.45, 2.75) is 13.0 Å². The zero-order valence-electron chi connectivity index (χ0n) is 12.7. The number of hydrogen-bond acceptors (Lipinski definition) is 4.